The molecule has 30 heavy (non-hydrogen) atoms. The number of ether oxygens (including phenoxy) is 1. The van der Waals surface area contributed by atoms with E-state index in [4.69, 9.17) is 4.74 Å². The van der Waals surface area contributed by atoms with Crippen LogP contribution in [0.2, 0.25) is 0 Å². The van der Waals surface area contributed by atoms with Crippen molar-refractivity contribution in [2.24, 2.45) is 0 Å². The summed E-state index contributed by atoms with van der Waals surface area (Å²) in [4.78, 5) is 6.20. The van der Waals surface area contributed by atoms with Crippen LogP contribution in [-0.2, 0) is 12.7 Å². The number of anilines is 1. The SMILES string of the molecule is COc1ccc(CN2c3cc4ccncc4c(C(F)(F)F)c3C3CCCCC32)cc1. The summed E-state index contributed by atoms with van der Waals surface area (Å²) < 4.78 is 48.2. The van der Waals surface area contributed by atoms with Crippen molar-refractivity contribution >= 4 is 16.5 Å². The lowest BCUT2D eigenvalue weighted by Gasteiger charge is -2.33. The molecule has 6 heteroatoms. The molecule has 2 atom stereocenters. The third-order valence-corrected chi connectivity index (χ3v) is 6.57. The lowest BCUT2D eigenvalue weighted by molar-refractivity contribution is -0.137. The lowest BCUT2D eigenvalue weighted by atomic mass is 9.80. The van der Waals surface area contributed by atoms with Crippen LogP contribution in [0.4, 0.5) is 18.9 Å². The minimum absolute atomic E-state index is 0.0896. The molecule has 0 radical (unpaired) electrons. The summed E-state index contributed by atoms with van der Waals surface area (Å²) in [5.41, 5.74) is 1.78. The van der Waals surface area contributed by atoms with Gasteiger partial charge in [0.15, 0.2) is 0 Å². The highest BCUT2D eigenvalue weighted by molar-refractivity contribution is 5.92. The van der Waals surface area contributed by atoms with Gasteiger partial charge in [-0.3, -0.25) is 4.98 Å². The second-order valence-electron chi connectivity index (χ2n) is 8.21. The minimum atomic E-state index is -4.41. The van der Waals surface area contributed by atoms with Crippen LogP contribution in [0.5, 0.6) is 5.75 Å². The number of aromatic nitrogens is 1. The number of hydrogen-bond donors (Lipinski definition) is 0. The fourth-order valence-corrected chi connectivity index (χ4v) is 5.29. The Balaban J connectivity index is 1.68. The van der Waals surface area contributed by atoms with Gasteiger partial charge in [0.25, 0.3) is 0 Å². The maximum atomic E-state index is 14.3. The maximum Gasteiger partial charge on any atom is 0.417 e. The summed E-state index contributed by atoms with van der Waals surface area (Å²) in [6.45, 7) is 0.589. The van der Waals surface area contributed by atoms with E-state index < -0.39 is 11.7 Å². The molecule has 1 aliphatic heterocycles. The molecule has 1 fully saturated rings. The van der Waals surface area contributed by atoms with Crippen molar-refractivity contribution in [1.82, 2.24) is 4.98 Å². The Morgan fingerprint density at radius 3 is 2.60 bits per heavy atom. The smallest absolute Gasteiger partial charge is 0.417 e. The zero-order valence-corrected chi connectivity index (χ0v) is 16.7. The van der Waals surface area contributed by atoms with E-state index in [1.807, 2.05) is 30.3 Å². The molecule has 3 aromatic rings. The molecule has 0 saturated heterocycles. The molecule has 1 saturated carbocycles. The number of fused-ring (bicyclic) bond motifs is 4. The van der Waals surface area contributed by atoms with Gasteiger partial charge in [0.05, 0.1) is 12.7 Å². The summed E-state index contributed by atoms with van der Waals surface area (Å²) in [7, 11) is 1.62. The van der Waals surface area contributed by atoms with Gasteiger partial charge in [-0.2, -0.15) is 13.2 Å². The zero-order chi connectivity index (χ0) is 20.9. The molecule has 2 heterocycles. The van der Waals surface area contributed by atoms with Gasteiger partial charge in [-0.25, -0.2) is 0 Å². The number of pyridine rings is 1. The van der Waals surface area contributed by atoms with Gasteiger partial charge < -0.3 is 9.64 Å². The Kier molecular flexibility index (Phi) is 4.60. The number of hydrogen-bond acceptors (Lipinski definition) is 3. The molecule has 0 spiro atoms. The first-order chi connectivity index (χ1) is 14.5. The average Bonchev–Trinajstić information content (AvgIpc) is 3.05. The van der Waals surface area contributed by atoms with Crippen molar-refractivity contribution in [2.45, 2.75) is 50.4 Å². The number of rotatable bonds is 3. The second kappa shape index (κ2) is 7.18. The third kappa shape index (κ3) is 3.09. The van der Waals surface area contributed by atoms with E-state index in [9.17, 15) is 13.2 Å². The third-order valence-electron chi connectivity index (χ3n) is 6.57. The molecule has 0 bridgehead atoms. The number of nitrogens with zero attached hydrogens (tertiary/aromatic N) is 2. The van der Waals surface area contributed by atoms with Crippen molar-refractivity contribution < 1.29 is 17.9 Å². The predicted octanol–water partition coefficient (Wildman–Crippen LogP) is 6.31. The predicted molar refractivity (Wildman–Crippen MR) is 111 cm³/mol. The van der Waals surface area contributed by atoms with E-state index in [1.165, 1.54) is 6.20 Å². The monoisotopic (exact) mass is 412 g/mol. The Morgan fingerprint density at radius 1 is 1.10 bits per heavy atom. The zero-order valence-electron chi connectivity index (χ0n) is 16.7. The Labute approximate surface area is 173 Å². The summed E-state index contributed by atoms with van der Waals surface area (Å²) in [6, 6.07) is 11.5. The van der Waals surface area contributed by atoms with Crippen molar-refractivity contribution in [3.63, 3.8) is 0 Å². The van der Waals surface area contributed by atoms with Crippen LogP contribution in [0.15, 0.2) is 48.8 Å². The van der Waals surface area contributed by atoms with Crippen LogP contribution < -0.4 is 9.64 Å². The Hall–Kier alpha value is -2.76. The lowest BCUT2D eigenvalue weighted by Crippen LogP contribution is -2.35. The van der Waals surface area contributed by atoms with E-state index in [2.05, 4.69) is 9.88 Å². The molecular formula is C24H23F3N2O. The largest absolute Gasteiger partial charge is 0.497 e. The average molecular weight is 412 g/mol. The minimum Gasteiger partial charge on any atom is -0.497 e. The first-order valence-corrected chi connectivity index (χ1v) is 10.3. The Morgan fingerprint density at radius 2 is 1.87 bits per heavy atom. The summed E-state index contributed by atoms with van der Waals surface area (Å²) in [5, 5.41) is 0.800. The van der Waals surface area contributed by atoms with Crippen LogP contribution in [0.25, 0.3) is 10.8 Å². The van der Waals surface area contributed by atoms with E-state index in [0.29, 0.717) is 17.5 Å². The topological polar surface area (TPSA) is 25.4 Å². The van der Waals surface area contributed by atoms with Crippen LogP contribution in [0.3, 0.4) is 0 Å². The molecule has 0 N–H and O–H groups in total. The van der Waals surface area contributed by atoms with Gasteiger partial charge in [0, 0.05) is 42.0 Å². The molecule has 0 amide bonds. The molecular weight excluding hydrogens is 389 g/mol. The van der Waals surface area contributed by atoms with Crippen LogP contribution in [0, 0.1) is 0 Å². The van der Waals surface area contributed by atoms with E-state index in [0.717, 1.165) is 42.7 Å². The molecule has 2 unspecified atom stereocenters. The van der Waals surface area contributed by atoms with Crippen molar-refractivity contribution in [3.05, 3.63) is 65.5 Å². The van der Waals surface area contributed by atoms with Crippen molar-refractivity contribution in [1.29, 1.82) is 0 Å². The van der Waals surface area contributed by atoms with Gasteiger partial charge >= 0.3 is 6.18 Å². The first kappa shape index (κ1) is 19.2. The van der Waals surface area contributed by atoms with E-state index in [-0.39, 0.29) is 17.3 Å². The van der Waals surface area contributed by atoms with Gasteiger partial charge in [0.2, 0.25) is 0 Å². The van der Waals surface area contributed by atoms with E-state index >= 15 is 0 Å². The number of benzene rings is 2. The normalized spacial score (nSPS) is 20.9. The highest BCUT2D eigenvalue weighted by Crippen LogP contribution is 2.54. The highest BCUT2D eigenvalue weighted by atomic mass is 19.4. The fourth-order valence-electron chi connectivity index (χ4n) is 5.29. The van der Waals surface area contributed by atoms with Gasteiger partial charge in [0.1, 0.15) is 5.75 Å². The first-order valence-electron chi connectivity index (χ1n) is 10.3. The molecule has 2 aliphatic rings. The van der Waals surface area contributed by atoms with Gasteiger partial charge in [-0.15, -0.1) is 0 Å². The molecule has 3 nitrogen and oxygen atoms in total. The molecule has 5 rings (SSSR count). The highest BCUT2D eigenvalue weighted by Gasteiger charge is 2.47. The molecule has 156 valence electrons. The number of methoxy groups -OCH3 is 1. The Bertz CT molecular complexity index is 1080. The van der Waals surface area contributed by atoms with Gasteiger partial charge in [-0.05, 0) is 53.6 Å². The summed E-state index contributed by atoms with van der Waals surface area (Å²) in [6.07, 6.45) is 2.25. The van der Waals surface area contributed by atoms with Gasteiger partial charge in [-0.1, -0.05) is 25.0 Å². The molecule has 1 aromatic heterocycles. The molecule has 1 aliphatic carbocycles. The summed E-state index contributed by atoms with van der Waals surface area (Å²) >= 11 is 0. The fraction of sp³-hybridized carbons (Fsp3) is 0.375. The van der Waals surface area contributed by atoms with Crippen LogP contribution >= 0.6 is 0 Å². The second-order valence-corrected chi connectivity index (χ2v) is 8.21. The van der Waals surface area contributed by atoms with Crippen LogP contribution in [-0.4, -0.2) is 18.1 Å². The quantitative estimate of drug-likeness (QED) is 0.504. The maximum absolute atomic E-state index is 14.3. The molecule has 2 aromatic carbocycles. The summed E-state index contributed by atoms with van der Waals surface area (Å²) in [5.74, 6) is 0.683. The van der Waals surface area contributed by atoms with Crippen molar-refractivity contribution in [2.75, 3.05) is 12.0 Å². The van der Waals surface area contributed by atoms with Crippen LogP contribution in [0.1, 0.15) is 48.3 Å². The van der Waals surface area contributed by atoms with Crippen molar-refractivity contribution in [3.8, 4) is 5.75 Å². The number of alkyl halides is 3. The number of halogens is 3. The van der Waals surface area contributed by atoms with E-state index in [1.54, 1.807) is 19.4 Å². The standard InChI is InChI=1S/C24H23F3N2O/c1-30-17-8-6-15(7-9-17)14-29-20-5-3-2-4-18(20)22-21(29)12-16-10-11-28-13-19(16)23(22)24(25,26)27/h6-13,18,20H,2-5,14H2,1H3.